The van der Waals surface area contributed by atoms with Crippen molar-refractivity contribution < 1.29 is 4.74 Å². The number of ether oxygens (including phenoxy) is 1. The summed E-state index contributed by atoms with van der Waals surface area (Å²) in [7, 11) is 1.84. The van der Waals surface area contributed by atoms with Crippen LogP contribution in [-0.2, 0) is 6.54 Å². The lowest BCUT2D eigenvalue weighted by Gasteiger charge is -2.39. The van der Waals surface area contributed by atoms with Crippen molar-refractivity contribution >= 4 is 41.7 Å². The summed E-state index contributed by atoms with van der Waals surface area (Å²) in [5.74, 6) is 2.79. The summed E-state index contributed by atoms with van der Waals surface area (Å²) in [6.45, 7) is 10.1. The Labute approximate surface area is 167 Å². The van der Waals surface area contributed by atoms with E-state index >= 15 is 0 Å². The van der Waals surface area contributed by atoms with Crippen LogP contribution in [0.4, 0.5) is 0 Å². The fourth-order valence-electron chi connectivity index (χ4n) is 2.52. The predicted molar refractivity (Wildman–Crippen MR) is 114 cm³/mol. The lowest BCUT2D eigenvalue weighted by Crippen LogP contribution is -2.50. The zero-order valence-electron chi connectivity index (χ0n) is 15.0. The summed E-state index contributed by atoms with van der Waals surface area (Å²) in [6, 6.07) is 3.98. The van der Waals surface area contributed by atoms with E-state index in [-0.39, 0.29) is 28.7 Å². The molecule has 1 aromatic rings. The van der Waals surface area contributed by atoms with Crippen LogP contribution in [0.15, 0.2) is 23.3 Å². The van der Waals surface area contributed by atoms with Crippen molar-refractivity contribution in [2.24, 2.45) is 4.99 Å². The van der Waals surface area contributed by atoms with Gasteiger partial charge >= 0.3 is 0 Å². The molecule has 5 nitrogen and oxygen atoms in total. The van der Waals surface area contributed by atoms with Crippen molar-refractivity contribution in [3.05, 3.63) is 23.9 Å². The zero-order chi connectivity index (χ0) is 16.7. The number of nitrogens with one attached hydrogen (secondary N) is 1. The Morgan fingerprint density at radius 2 is 2.25 bits per heavy atom. The van der Waals surface area contributed by atoms with Gasteiger partial charge in [-0.1, -0.05) is 13.0 Å². The third-order valence-corrected chi connectivity index (χ3v) is 4.94. The first-order valence-corrected chi connectivity index (χ1v) is 9.20. The third kappa shape index (κ3) is 6.66. The van der Waals surface area contributed by atoms with E-state index < -0.39 is 0 Å². The van der Waals surface area contributed by atoms with E-state index in [0.29, 0.717) is 12.5 Å². The van der Waals surface area contributed by atoms with E-state index in [1.165, 1.54) is 0 Å². The van der Waals surface area contributed by atoms with Crippen molar-refractivity contribution in [2.45, 2.75) is 38.5 Å². The van der Waals surface area contributed by atoms with Crippen molar-refractivity contribution in [3.8, 4) is 5.88 Å². The predicted octanol–water partition coefficient (Wildman–Crippen LogP) is 3.39. The van der Waals surface area contributed by atoms with Crippen LogP contribution < -0.4 is 10.1 Å². The number of pyridine rings is 1. The first kappa shape index (κ1) is 21.3. The molecular weight excluding hydrogens is 435 g/mol. The monoisotopic (exact) mass is 464 g/mol. The SMILES string of the molecule is CCCOc1ccc(CNC(=NC)N2CCSC(C)(C)C2)cn1.I. The van der Waals surface area contributed by atoms with Gasteiger partial charge in [0.1, 0.15) is 0 Å². The molecule has 1 fully saturated rings. The van der Waals surface area contributed by atoms with Gasteiger partial charge in [0, 0.05) is 49.4 Å². The highest BCUT2D eigenvalue weighted by atomic mass is 127. The van der Waals surface area contributed by atoms with Gasteiger partial charge < -0.3 is 15.0 Å². The second kappa shape index (κ2) is 10.3. The van der Waals surface area contributed by atoms with Gasteiger partial charge in [-0.05, 0) is 25.8 Å². The lowest BCUT2D eigenvalue weighted by atomic mass is 10.2. The topological polar surface area (TPSA) is 49.8 Å². The molecule has 0 bridgehead atoms. The number of rotatable bonds is 5. The average molecular weight is 464 g/mol. The molecule has 1 aromatic heterocycles. The second-order valence-corrected chi connectivity index (χ2v) is 8.09. The molecule has 2 rings (SSSR count). The van der Waals surface area contributed by atoms with Crippen LogP contribution in [0.5, 0.6) is 5.88 Å². The molecule has 0 aromatic carbocycles. The highest BCUT2D eigenvalue weighted by Crippen LogP contribution is 2.29. The molecule has 1 aliphatic rings. The minimum atomic E-state index is 0. The molecule has 0 aliphatic carbocycles. The summed E-state index contributed by atoms with van der Waals surface area (Å²) in [5, 5.41) is 3.44. The van der Waals surface area contributed by atoms with Gasteiger partial charge in [0.25, 0.3) is 0 Å². The Bertz CT molecular complexity index is 522. The van der Waals surface area contributed by atoms with Gasteiger partial charge in [0.05, 0.1) is 6.61 Å². The van der Waals surface area contributed by atoms with Gasteiger partial charge in [0.2, 0.25) is 5.88 Å². The highest BCUT2D eigenvalue weighted by molar-refractivity contribution is 14.0. The van der Waals surface area contributed by atoms with E-state index in [1.54, 1.807) is 0 Å². The maximum atomic E-state index is 5.51. The number of hydrogen-bond donors (Lipinski definition) is 1. The summed E-state index contributed by atoms with van der Waals surface area (Å²) >= 11 is 2.03. The maximum Gasteiger partial charge on any atom is 0.213 e. The molecule has 7 heteroatoms. The molecule has 0 atom stereocenters. The van der Waals surface area contributed by atoms with Crippen molar-refractivity contribution in [3.63, 3.8) is 0 Å². The number of guanidine groups is 1. The smallest absolute Gasteiger partial charge is 0.213 e. The van der Waals surface area contributed by atoms with Crippen molar-refractivity contribution in [2.75, 3.05) is 32.5 Å². The fraction of sp³-hybridized carbons (Fsp3) is 0.647. The molecule has 0 amide bonds. The molecule has 1 aliphatic heterocycles. The summed E-state index contributed by atoms with van der Waals surface area (Å²) in [4.78, 5) is 11.1. The Hall–Kier alpha value is -0.700. The minimum Gasteiger partial charge on any atom is -0.478 e. The summed E-state index contributed by atoms with van der Waals surface area (Å²) in [6.07, 6.45) is 2.85. The maximum absolute atomic E-state index is 5.51. The first-order valence-electron chi connectivity index (χ1n) is 8.21. The van der Waals surface area contributed by atoms with Crippen LogP contribution in [0.25, 0.3) is 0 Å². The van der Waals surface area contributed by atoms with Crippen LogP contribution in [0.2, 0.25) is 0 Å². The average Bonchev–Trinajstić information content (AvgIpc) is 2.54. The molecule has 1 saturated heterocycles. The van der Waals surface area contributed by atoms with Crippen molar-refractivity contribution in [1.82, 2.24) is 15.2 Å². The Kier molecular flexibility index (Phi) is 9.18. The zero-order valence-corrected chi connectivity index (χ0v) is 18.2. The lowest BCUT2D eigenvalue weighted by molar-refractivity contribution is 0.305. The van der Waals surface area contributed by atoms with Gasteiger partial charge in [-0.25, -0.2) is 4.98 Å². The molecule has 2 heterocycles. The number of aliphatic imine (C=N–C) groups is 1. The van der Waals surface area contributed by atoms with E-state index in [2.05, 4.69) is 41.0 Å². The summed E-state index contributed by atoms with van der Waals surface area (Å²) < 4.78 is 5.78. The number of hydrogen-bond acceptors (Lipinski definition) is 4. The molecule has 24 heavy (non-hydrogen) atoms. The highest BCUT2D eigenvalue weighted by Gasteiger charge is 2.28. The van der Waals surface area contributed by atoms with E-state index in [4.69, 9.17) is 4.74 Å². The van der Waals surface area contributed by atoms with Crippen LogP contribution in [0, 0.1) is 0 Å². The number of thioether (sulfide) groups is 1. The van der Waals surface area contributed by atoms with Gasteiger partial charge in [0.15, 0.2) is 5.96 Å². The molecule has 136 valence electrons. The van der Waals surface area contributed by atoms with E-state index in [1.807, 2.05) is 37.1 Å². The van der Waals surface area contributed by atoms with Gasteiger partial charge in [-0.2, -0.15) is 11.8 Å². The van der Waals surface area contributed by atoms with Crippen LogP contribution in [0.1, 0.15) is 32.8 Å². The van der Waals surface area contributed by atoms with E-state index in [0.717, 1.165) is 43.3 Å². The van der Waals surface area contributed by atoms with Gasteiger partial charge in [-0.15, -0.1) is 24.0 Å². The first-order chi connectivity index (χ1) is 11.0. The van der Waals surface area contributed by atoms with E-state index in [9.17, 15) is 0 Å². The Morgan fingerprint density at radius 1 is 1.46 bits per heavy atom. The normalized spacial score (nSPS) is 17.2. The van der Waals surface area contributed by atoms with Crippen molar-refractivity contribution in [1.29, 1.82) is 0 Å². The number of nitrogens with zero attached hydrogens (tertiary/aromatic N) is 3. The Morgan fingerprint density at radius 3 is 2.83 bits per heavy atom. The standard InChI is InChI=1S/C17H28N4OS.HI/c1-5-9-22-15-7-6-14(11-19-15)12-20-16(18-4)21-8-10-23-17(2,3)13-21;/h6-7,11H,5,8-10,12-13H2,1-4H3,(H,18,20);1H. The minimum absolute atomic E-state index is 0. The largest absolute Gasteiger partial charge is 0.478 e. The molecule has 0 saturated carbocycles. The number of halogens is 1. The third-order valence-electron chi connectivity index (χ3n) is 3.64. The quantitative estimate of drug-likeness (QED) is 0.412. The second-order valence-electron chi connectivity index (χ2n) is 6.28. The van der Waals surface area contributed by atoms with Gasteiger partial charge in [-0.3, -0.25) is 4.99 Å². The fourth-order valence-corrected chi connectivity index (χ4v) is 3.63. The molecule has 0 spiro atoms. The molecular formula is C17H29IN4OS. The molecule has 0 unspecified atom stereocenters. The summed E-state index contributed by atoms with van der Waals surface area (Å²) in [5.41, 5.74) is 1.13. The van der Waals surface area contributed by atoms with Crippen LogP contribution in [0.3, 0.4) is 0 Å². The molecule has 0 radical (unpaired) electrons. The van der Waals surface area contributed by atoms with Crippen LogP contribution in [-0.4, -0.2) is 53.1 Å². The molecule has 1 N–H and O–H groups in total. The van der Waals surface area contributed by atoms with Crippen LogP contribution >= 0.6 is 35.7 Å². The Balaban J connectivity index is 0.00000288. The number of aromatic nitrogens is 1.